The first-order chi connectivity index (χ1) is 11.3. The van der Waals surface area contributed by atoms with Crippen LogP contribution in [0.15, 0.2) is 18.6 Å². The van der Waals surface area contributed by atoms with Crippen molar-refractivity contribution < 1.29 is 19.1 Å². The highest BCUT2D eigenvalue weighted by atomic mass is 16.6. The molecule has 0 spiro atoms. The van der Waals surface area contributed by atoms with Crippen molar-refractivity contribution in [3.05, 3.63) is 24.3 Å². The topological polar surface area (TPSA) is 122 Å². The molecule has 0 aromatic carbocycles. The molecule has 0 radical (unpaired) electrons. The molecule has 24 heavy (non-hydrogen) atoms. The molecule has 3 amide bonds. The van der Waals surface area contributed by atoms with Gasteiger partial charge in [-0.25, -0.2) is 9.78 Å². The van der Waals surface area contributed by atoms with Crippen LogP contribution < -0.4 is 16.0 Å². The minimum atomic E-state index is -0.645. The summed E-state index contributed by atoms with van der Waals surface area (Å²) in [4.78, 5) is 42.3. The normalized spacial score (nSPS) is 10.6. The van der Waals surface area contributed by atoms with Crippen LogP contribution in [-0.4, -0.2) is 53.1 Å². The van der Waals surface area contributed by atoms with E-state index in [1.165, 1.54) is 18.6 Å². The molecule has 9 heteroatoms. The monoisotopic (exact) mass is 337 g/mol. The minimum Gasteiger partial charge on any atom is -0.444 e. The zero-order valence-electron chi connectivity index (χ0n) is 14.1. The third-order valence-corrected chi connectivity index (χ3v) is 2.55. The quantitative estimate of drug-likeness (QED) is 0.613. The van der Waals surface area contributed by atoms with Gasteiger partial charge in [-0.3, -0.25) is 14.6 Å². The predicted octanol–water partition coefficient (Wildman–Crippen LogP) is 0.237. The fourth-order valence-electron chi connectivity index (χ4n) is 1.55. The van der Waals surface area contributed by atoms with Crippen molar-refractivity contribution in [2.45, 2.75) is 32.8 Å². The van der Waals surface area contributed by atoms with Gasteiger partial charge in [-0.15, -0.1) is 0 Å². The van der Waals surface area contributed by atoms with Crippen LogP contribution in [0.1, 0.15) is 37.7 Å². The van der Waals surface area contributed by atoms with Crippen molar-refractivity contribution in [3.8, 4) is 0 Å². The largest absolute Gasteiger partial charge is 0.444 e. The lowest BCUT2D eigenvalue weighted by molar-refractivity contribution is -0.120. The number of hydrogen-bond donors (Lipinski definition) is 3. The van der Waals surface area contributed by atoms with Crippen molar-refractivity contribution in [3.63, 3.8) is 0 Å². The molecule has 0 aliphatic carbocycles. The molecule has 1 rings (SSSR count). The van der Waals surface area contributed by atoms with E-state index in [-0.39, 0.29) is 24.1 Å². The lowest BCUT2D eigenvalue weighted by atomic mass is 10.2. The summed E-state index contributed by atoms with van der Waals surface area (Å²) in [6.07, 6.45) is 4.20. The first kappa shape index (κ1) is 19.3. The zero-order valence-corrected chi connectivity index (χ0v) is 14.1. The van der Waals surface area contributed by atoms with Gasteiger partial charge in [0.2, 0.25) is 5.91 Å². The number of alkyl carbamates (subject to hydrolysis) is 1. The molecule has 0 aliphatic rings. The molecule has 0 aliphatic heterocycles. The molecule has 132 valence electrons. The van der Waals surface area contributed by atoms with Gasteiger partial charge in [0.25, 0.3) is 5.91 Å². The Morgan fingerprint density at radius 2 is 1.79 bits per heavy atom. The average Bonchev–Trinajstić information content (AvgIpc) is 2.51. The maximum Gasteiger partial charge on any atom is 0.408 e. The number of ether oxygens (including phenoxy) is 1. The molecule has 9 nitrogen and oxygen atoms in total. The number of rotatable bonds is 7. The Hall–Kier alpha value is -2.71. The Balaban J connectivity index is 2.09. The van der Waals surface area contributed by atoms with Gasteiger partial charge in [-0.2, -0.15) is 0 Å². The number of carbonyl (C=O) groups is 3. The van der Waals surface area contributed by atoms with Gasteiger partial charge >= 0.3 is 6.09 Å². The standard InChI is InChI=1S/C15H23N5O4/c1-15(2,3)24-14(23)20-10-12(21)18-5-4-6-19-13(22)11-9-16-7-8-17-11/h7-9H,4-6,10H2,1-3H3,(H,18,21)(H,19,22)(H,20,23). The third kappa shape index (κ3) is 8.66. The summed E-state index contributed by atoms with van der Waals surface area (Å²) in [6, 6.07) is 0. The number of amides is 3. The summed E-state index contributed by atoms with van der Waals surface area (Å²) in [6.45, 7) is 5.80. The van der Waals surface area contributed by atoms with Gasteiger partial charge in [0.15, 0.2) is 0 Å². The summed E-state index contributed by atoms with van der Waals surface area (Å²) in [5, 5.41) is 7.65. The van der Waals surface area contributed by atoms with E-state index >= 15 is 0 Å². The molecule has 0 fully saturated rings. The second-order valence-corrected chi connectivity index (χ2v) is 5.91. The summed E-state index contributed by atoms with van der Waals surface area (Å²) in [5.74, 6) is -0.651. The molecule has 0 saturated carbocycles. The third-order valence-electron chi connectivity index (χ3n) is 2.55. The van der Waals surface area contributed by atoms with Crippen molar-refractivity contribution >= 4 is 17.9 Å². The predicted molar refractivity (Wildman–Crippen MR) is 86.2 cm³/mol. The lowest BCUT2D eigenvalue weighted by Gasteiger charge is -2.19. The molecule has 0 unspecified atom stereocenters. The van der Waals surface area contributed by atoms with Gasteiger partial charge in [-0.1, -0.05) is 0 Å². The molecule has 0 atom stereocenters. The van der Waals surface area contributed by atoms with Crippen molar-refractivity contribution in [2.75, 3.05) is 19.6 Å². The smallest absolute Gasteiger partial charge is 0.408 e. The molecular weight excluding hydrogens is 314 g/mol. The lowest BCUT2D eigenvalue weighted by Crippen LogP contribution is -2.40. The number of nitrogens with zero attached hydrogens (tertiary/aromatic N) is 2. The molecule has 1 heterocycles. The first-order valence-corrected chi connectivity index (χ1v) is 7.56. The van der Waals surface area contributed by atoms with E-state index in [2.05, 4.69) is 25.9 Å². The van der Waals surface area contributed by atoms with Gasteiger partial charge in [0.1, 0.15) is 11.3 Å². The fourth-order valence-corrected chi connectivity index (χ4v) is 1.55. The summed E-state index contributed by atoms with van der Waals surface area (Å²) in [7, 11) is 0. The number of aromatic nitrogens is 2. The zero-order chi connectivity index (χ0) is 18.0. The molecule has 0 bridgehead atoms. The van der Waals surface area contributed by atoms with E-state index in [0.29, 0.717) is 19.5 Å². The van der Waals surface area contributed by atoms with Crippen LogP contribution in [0.4, 0.5) is 4.79 Å². The molecule has 1 aromatic heterocycles. The van der Waals surface area contributed by atoms with Gasteiger partial charge in [0, 0.05) is 25.5 Å². The maximum absolute atomic E-state index is 11.7. The fraction of sp³-hybridized carbons (Fsp3) is 0.533. The maximum atomic E-state index is 11.7. The van der Waals surface area contributed by atoms with Crippen molar-refractivity contribution in [1.29, 1.82) is 0 Å². The summed E-state index contributed by atoms with van der Waals surface area (Å²) >= 11 is 0. The molecule has 3 N–H and O–H groups in total. The second-order valence-electron chi connectivity index (χ2n) is 5.91. The van der Waals surface area contributed by atoms with Crippen LogP contribution in [0.5, 0.6) is 0 Å². The van der Waals surface area contributed by atoms with Crippen LogP contribution in [0, 0.1) is 0 Å². The van der Waals surface area contributed by atoms with Gasteiger partial charge < -0.3 is 20.7 Å². The average molecular weight is 337 g/mol. The SMILES string of the molecule is CC(C)(C)OC(=O)NCC(=O)NCCCNC(=O)c1cnccn1. The van der Waals surface area contributed by atoms with Crippen LogP contribution in [0.2, 0.25) is 0 Å². The van der Waals surface area contributed by atoms with E-state index in [4.69, 9.17) is 4.74 Å². The van der Waals surface area contributed by atoms with Crippen LogP contribution in [-0.2, 0) is 9.53 Å². The minimum absolute atomic E-state index is 0.166. The van der Waals surface area contributed by atoms with Crippen molar-refractivity contribution in [2.24, 2.45) is 0 Å². The van der Waals surface area contributed by atoms with E-state index < -0.39 is 11.7 Å². The highest BCUT2D eigenvalue weighted by Gasteiger charge is 2.16. The van der Waals surface area contributed by atoms with Crippen molar-refractivity contribution in [1.82, 2.24) is 25.9 Å². The number of carbonyl (C=O) groups excluding carboxylic acids is 3. The van der Waals surface area contributed by atoms with E-state index in [9.17, 15) is 14.4 Å². The highest BCUT2D eigenvalue weighted by Crippen LogP contribution is 2.05. The molecule has 1 aromatic rings. The van der Waals surface area contributed by atoms with E-state index in [1.54, 1.807) is 20.8 Å². The summed E-state index contributed by atoms with van der Waals surface area (Å²) < 4.78 is 5.01. The highest BCUT2D eigenvalue weighted by molar-refractivity contribution is 5.91. The van der Waals surface area contributed by atoms with E-state index in [1.807, 2.05) is 0 Å². The first-order valence-electron chi connectivity index (χ1n) is 7.56. The Morgan fingerprint density at radius 3 is 2.42 bits per heavy atom. The molecule has 0 saturated heterocycles. The van der Waals surface area contributed by atoms with Gasteiger partial charge in [0.05, 0.1) is 12.7 Å². The van der Waals surface area contributed by atoms with Crippen LogP contribution in [0.25, 0.3) is 0 Å². The Labute approximate surface area is 140 Å². The summed E-state index contributed by atoms with van der Waals surface area (Å²) in [5.41, 5.74) is -0.370. The van der Waals surface area contributed by atoms with Crippen LogP contribution in [0.3, 0.4) is 0 Å². The van der Waals surface area contributed by atoms with E-state index in [0.717, 1.165) is 0 Å². The number of nitrogens with one attached hydrogen (secondary N) is 3. The Morgan fingerprint density at radius 1 is 1.08 bits per heavy atom. The molecular formula is C15H23N5O4. The Bertz CT molecular complexity index is 557. The Kier molecular flexibility index (Phi) is 7.60. The second kappa shape index (κ2) is 9.43. The van der Waals surface area contributed by atoms with Gasteiger partial charge in [-0.05, 0) is 27.2 Å². The van der Waals surface area contributed by atoms with Crippen LogP contribution >= 0.6 is 0 Å². The number of hydrogen-bond acceptors (Lipinski definition) is 6.